The van der Waals surface area contributed by atoms with Gasteiger partial charge >= 0.3 is 11.9 Å². The first-order valence-corrected chi connectivity index (χ1v) is 3.90. The topological polar surface area (TPSA) is 89.6 Å². The summed E-state index contributed by atoms with van der Waals surface area (Å²) < 4.78 is 4.42. The molecule has 11 heavy (non-hydrogen) atoms. The number of esters is 1. The highest BCUT2D eigenvalue weighted by molar-refractivity contribution is 9.09. The molecule has 0 saturated heterocycles. The average Bonchev–Trinajstić information content (AvgIpc) is 1.99. The lowest BCUT2D eigenvalue weighted by atomic mass is 10.3. The lowest BCUT2D eigenvalue weighted by molar-refractivity contribution is -0.145. The number of carboxylic acid groups (broad SMARTS) is 1. The minimum atomic E-state index is -1.19. The van der Waals surface area contributed by atoms with E-state index in [4.69, 9.17) is 10.8 Å². The zero-order valence-electron chi connectivity index (χ0n) is 5.62. The van der Waals surface area contributed by atoms with Gasteiger partial charge in [-0.15, -0.1) is 0 Å². The third kappa shape index (κ3) is 4.74. The van der Waals surface area contributed by atoms with Crippen LogP contribution >= 0.6 is 15.9 Å². The van der Waals surface area contributed by atoms with Gasteiger partial charge in [0.05, 0.1) is 0 Å². The highest BCUT2D eigenvalue weighted by Crippen LogP contribution is 1.87. The minimum Gasteiger partial charge on any atom is -0.480 e. The van der Waals surface area contributed by atoms with Crippen LogP contribution in [-0.4, -0.2) is 35.0 Å². The first-order chi connectivity index (χ1) is 5.07. The molecule has 0 fully saturated rings. The first kappa shape index (κ1) is 10.4. The molecule has 0 aliphatic heterocycles. The Hall–Kier alpha value is -0.620. The van der Waals surface area contributed by atoms with Crippen LogP contribution in [0.2, 0.25) is 0 Å². The maximum atomic E-state index is 10.4. The number of aliphatic carboxylic acids is 1. The molecule has 0 aromatic heterocycles. The van der Waals surface area contributed by atoms with E-state index in [-0.39, 0.29) is 11.9 Å². The zero-order chi connectivity index (χ0) is 8.85. The van der Waals surface area contributed by atoms with Crippen LogP contribution in [0.15, 0.2) is 0 Å². The molecule has 0 rings (SSSR count). The Balaban J connectivity index is 3.54. The van der Waals surface area contributed by atoms with Crippen LogP contribution in [0.3, 0.4) is 0 Å². The fraction of sp³-hybridized carbons (Fsp3) is 0.600. The van der Waals surface area contributed by atoms with Crippen molar-refractivity contribution in [3.8, 4) is 0 Å². The molecule has 3 N–H and O–H groups in total. The van der Waals surface area contributed by atoms with Gasteiger partial charge in [-0.3, -0.25) is 9.59 Å². The Bertz CT molecular complexity index is 161. The van der Waals surface area contributed by atoms with E-state index in [1.54, 1.807) is 0 Å². The Labute approximate surface area is 71.6 Å². The molecule has 0 aromatic carbocycles. The fourth-order valence-electron chi connectivity index (χ4n) is 0.293. The molecular formula is C5H8BrNO4. The summed E-state index contributed by atoms with van der Waals surface area (Å²) in [4.78, 5) is 20.5. The van der Waals surface area contributed by atoms with E-state index in [1.807, 2.05) is 0 Å². The van der Waals surface area contributed by atoms with Gasteiger partial charge < -0.3 is 15.6 Å². The number of carboxylic acids is 1. The van der Waals surface area contributed by atoms with Gasteiger partial charge in [0.2, 0.25) is 0 Å². The van der Waals surface area contributed by atoms with Gasteiger partial charge in [0.1, 0.15) is 18.0 Å². The Morgan fingerprint density at radius 1 is 1.64 bits per heavy atom. The summed E-state index contributed by atoms with van der Waals surface area (Å²) >= 11 is 2.84. The fourth-order valence-corrected chi connectivity index (χ4v) is 0.454. The van der Waals surface area contributed by atoms with Gasteiger partial charge in [-0.05, 0) is 0 Å². The monoisotopic (exact) mass is 225 g/mol. The zero-order valence-corrected chi connectivity index (χ0v) is 7.20. The van der Waals surface area contributed by atoms with E-state index in [0.29, 0.717) is 0 Å². The number of hydrogen-bond acceptors (Lipinski definition) is 4. The van der Waals surface area contributed by atoms with Crippen LogP contribution < -0.4 is 5.73 Å². The smallest absolute Gasteiger partial charge is 0.324 e. The Kier molecular flexibility index (Phi) is 4.80. The van der Waals surface area contributed by atoms with Crippen molar-refractivity contribution in [1.82, 2.24) is 0 Å². The van der Waals surface area contributed by atoms with Gasteiger partial charge in [0, 0.05) is 0 Å². The maximum absolute atomic E-state index is 10.4. The number of alkyl halides is 1. The van der Waals surface area contributed by atoms with Crippen molar-refractivity contribution in [3.63, 3.8) is 0 Å². The van der Waals surface area contributed by atoms with Crippen LogP contribution in [0.4, 0.5) is 0 Å². The van der Waals surface area contributed by atoms with Crippen molar-refractivity contribution in [2.45, 2.75) is 6.04 Å². The molecular weight excluding hydrogens is 218 g/mol. The van der Waals surface area contributed by atoms with E-state index >= 15 is 0 Å². The maximum Gasteiger partial charge on any atom is 0.324 e. The Morgan fingerprint density at radius 2 is 2.18 bits per heavy atom. The summed E-state index contributed by atoms with van der Waals surface area (Å²) in [5.41, 5.74) is 5.03. The molecule has 0 amide bonds. The molecule has 0 aromatic rings. The number of carbonyl (C=O) groups is 2. The van der Waals surface area contributed by atoms with E-state index in [2.05, 4.69) is 20.7 Å². The second-order valence-electron chi connectivity index (χ2n) is 1.76. The number of hydrogen-bond donors (Lipinski definition) is 2. The summed E-state index contributed by atoms with van der Waals surface area (Å²) in [6.45, 7) is -0.292. The molecule has 0 aliphatic rings. The van der Waals surface area contributed by atoms with Crippen LogP contribution in [0.25, 0.3) is 0 Å². The molecule has 5 nitrogen and oxygen atoms in total. The molecule has 0 radical (unpaired) electrons. The first-order valence-electron chi connectivity index (χ1n) is 2.78. The molecule has 0 unspecified atom stereocenters. The van der Waals surface area contributed by atoms with E-state index in [9.17, 15) is 9.59 Å². The van der Waals surface area contributed by atoms with Crippen molar-refractivity contribution in [2.75, 3.05) is 11.9 Å². The van der Waals surface area contributed by atoms with Crippen molar-refractivity contribution in [1.29, 1.82) is 0 Å². The second kappa shape index (κ2) is 5.09. The van der Waals surface area contributed by atoms with Crippen LogP contribution in [0.1, 0.15) is 0 Å². The molecule has 0 saturated carbocycles. The van der Waals surface area contributed by atoms with Gasteiger partial charge in [-0.2, -0.15) is 0 Å². The van der Waals surface area contributed by atoms with Crippen molar-refractivity contribution in [2.24, 2.45) is 5.73 Å². The van der Waals surface area contributed by atoms with Crippen molar-refractivity contribution >= 4 is 27.9 Å². The number of rotatable bonds is 4. The minimum absolute atomic E-state index is 0.0410. The number of halogens is 1. The third-order valence-corrected chi connectivity index (χ3v) is 1.31. The van der Waals surface area contributed by atoms with Gasteiger partial charge in [0.15, 0.2) is 0 Å². The second-order valence-corrected chi connectivity index (χ2v) is 2.32. The molecule has 64 valence electrons. The molecule has 6 heteroatoms. The van der Waals surface area contributed by atoms with Gasteiger partial charge in [-0.25, -0.2) is 0 Å². The predicted molar refractivity (Wildman–Crippen MR) is 40.4 cm³/mol. The standard InChI is InChI=1S/C5H8BrNO4/c6-1-4(8)11-2-3(7)5(9)10/h3H,1-2,7H2,(H,9,10)/t3-/m0/s1. The molecule has 0 spiro atoms. The van der Waals surface area contributed by atoms with Crippen LogP contribution in [-0.2, 0) is 14.3 Å². The summed E-state index contributed by atoms with van der Waals surface area (Å²) in [7, 11) is 0. The normalized spacial score (nSPS) is 12.2. The molecule has 0 heterocycles. The lowest BCUT2D eigenvalue weighted by Crippen LogP contribution is -2.35. The van der Waals surface area contributed by atoms with Crippen LogP contribution in [0.5, 0.6) is 0 Å². The molecule has 0 aliphatic carbocycles. The van der Waals surface area contributed by atoms with Crippen molar-refractivity contribution in [3.05, 3.63) is 0 Å². The number of ether oxygens (including phenoxy) is 1. The summed E-state index contributed by atoms with van der Waals surface area (Å²) in [5.74, 6) is -1.71. The van der Waals surface area contributed by atoms with Crippen LogP contribution in [0, 0.1) is 0 Å². The lowest BCUT2D eigenvalue weighted by Gasteiger charge is -2.05. The highest BCUT2D eigenvalue weighted by Gasteiger charge is 2.13. The third-order valence-electron chi connectivity index (χ3n) is 0.850. The van der Waals surface area contributed by atoms with E-state index in [1.165, 1.54) is 0 Å². The highest BCUT2D eigenvalue weighted by atomic mass is 79.9. The quantitative estimate of drug-likeness (QED) is 0.490. The molecule has 1 atom stereocenters. The predicted octanol–water partition coefficient (Wildman–Crippen LogP) is -0.664. The van der Waals surface area contributed by atoms with Gasteiger partial charge in [-0.1, -0.05) is 15.9 Å². The van der Waals surface area contributed by atoms with E-state index in [0.717, 1.165) is 0 Å². The average molecular weight is 226 g/mol. The summed E-state index contributed by atoms with van der Waals surface area (Å²) in [6, 6.07) is -1.14. The van der Waals surface area contributed by atoms with Crippen molar-refractivity contribution < 1.29 is 19.4 Å². The largest absolute Gasteiger partial charge is 0.480 e. The van der Waals surface area contributed by atoms with Gasteiger partial charge in [0.25, 0.3) is 0 Å². The number of carbonyl (C=O) groups excluding carboxylic acids is 1. The summed E-state index contributed by atoms with van der Waals surface area (Å²) in [6.07, 6.45) is 0. The summed E-state index contributed by atoms with van der Waals surface area (Å²) in [5, 5.41) is 8.28. The number of nitrogens with two attached hydrogens (primary N) is 1. The molecule has 0 bridgehead atoms. The Morgan fingerprint density at radius 3 is 2.55 bits per heavy atom. The van der Waals surface area contributed by atoms with E-state index < -0.39 is 18.0 Å². The SMILES string of the molecule is N[C@@H](COC(=O)CBr)C(=O)O.